The number of nitro benzene ring substituents is 1. The summed E-state index contributed by atoms with van der Waals surface area (Å²) in [5, 5.41) is 14.2. The van der Waals surface area contributed by atoms with Crippen LogP contribution in [0.4, 0.5) is 11.4 Å². The molecular formula is C16H15N3O4. The van der Waals surface area contributed by atoms with Crippen LogP contribution in [-0.2, 0) is 4.84 Å². The van der Waals surface area contributed by atoms with Gasteiger partial charge in [-0.1, -0.05) is 17.3 Å². The Balaban J connectivity index is 1.96. The highest BCUT2D eigenvalue weighted by Gasteiger charge is 2.10. The van der Waals surface area contributed by atoms with Crippen molar-refractivity contribution in [3.63, 3.8) is 0 Å². The van der Waals surface area contributed by atoms with Crippen LogP contribution in [0.1, 0.15) is 15.9 Å². The highest BCUT2D eigenvalue weighted by molar-refractivity contribution is 5.90. The number of carbonyl (C=O) groups excluding carboxylic acids is 1. The topological polar surface area (TPSA) is 85.0 Å². The predicted octanol–water partition coefficient (Wildman–Crippen LogP) is 2.85. The van der Waals surface area contributed by atoms with E-state index in [9.17, 15) is 14.9 Å². The Labute approximate surface area is 132 Å². The molecule has 0 bridgehead atoms. The van der Waals surface area contributed by atoms with Gasteiger partial charge in [0.2, 0.25) is 0 Å². The van der Waals surface area contributed by atoms with Crippen LogP contribution in [0.2, 0.25) is 0 Å². The van der Waals surface area contributed by atoms with E-state index in [0.29, 0.717) is 0 Å². The maximum Gasteiger partial charge on any atom is 0.365 e. The van der Waals surface area contributed by atoms with Gasteiger partial charge in [-0.15, -0.1) is 0 Å². The van der Waals surface area contributed by atoms with Gasteiger partial charge < -0.3 is 9.74 Å². The first-order valence-corrected chi connectivity index (χ1v) is 6.74. The minimum Gasteiger partial charge on any atom is -0.378 e. The van der Waals surface area contributed by atoms with E-state index in [0.717, 1.165) is 11.3 Å². The second-order valence-corrected chi connectivity index (χ2v) is 4.90. The number of nitro groups is 1. The van der Waals surface area contributed by atoms with E-state index in [1.807, 2.05) is 43.3 Å². The second-order valence-electron chi connectivity index (χ2n) is 4.90. The third-order valence-electron chi connectivity index (χ3n) is 3.06. The molecule has 0 fully saturated rings. The standard InChI is InChI=1S/C16H15N3O4/c1-18(2)14-7-3-12(4-8-14)11-17-23-16(20)13-5-9-15(10-6-13)19(21)22/h3-11H,1-2H3. The molecule has 0 saturated carbocycles. The number of oxime groups is 1. The molecule has 0 N–H and O–H groups in total. The minimum absolute atomic E-state index is 0.0916. The number of nitrogens with zero attached hydrogens (tertiary/aromatic N) is 3. The van der Waals surface area contributed by atoms with Crippen molar-refractivity contribution < 1.29 is 14.6 Å². The maximum atomic E-state index is 11.7. The molecule has 2 rings (SSSR count). The highest BCUT2D eigenvalue weighted by atomic mass is 16.7. The quantitative estimate of drug-likeness (QED) is 0.367. The van der Waals surface area contributed by atoms with Gasteiger partial charge in [-0.25, -0.2) is 4.79 Å². The van der Waals surface area contributed by atoms with Gasteiger partial charge in [-0.3, -0.25) is 10.1 Å². The lowest BCUT2D eigenvalue weighted by atomic mass is 10.2. The number of benzene rings is 2. The average Bonchev–Trinajstić information content (AvgIpc) is 2.55. The number of non-ortho nitro benzene ring substituents is 1. The monoisotopic (exact) mass is 313 g/mol. The van der Waals surface area contributed by atoms with Crippen LogP contribution in [0.25, 0.3) is 0 Å². The van der Waals surface area contributed by atoms with Gasteiger partial charge in [0.15, 0.2) is 0 Å². The summed E-state index contributed by atoms with van der Waals surface area (Å²) in [5.74, 6) is -0.680. The van der Waals surface area contributed by atoms with Crippen molar-refractivity contribution >= 4 is 23.6 Å². The van der Waals surface area contributed by atoms with E-state index in [2.05, 4.69) is 5.16 Å². The van der Waals surface area contributed by atoms with E-state index in [1.54, 1.807) is 0 Å². The van der Waals surface area contributed by atoms with Gasteiger partial charge in [0, 0.05) is 31.9 Å². The SMILES string of the molecule is CN(C)c1ccc(C=NOC(=O)c2ccc([N+](=O)[O-])cc2)cc1. The van der Waals surface area contributed by atoms with E-state index in [1.165, 1.54) is 30.5 Å². The predicted molar refractivity (Wildman–Crippen MR) is 86.9 cm³/mol. The summed E-state index contributed by atoms with van der Waals surface area (Å²) in [7, 11) is 3.88. The summed E-state index contributed by atoms with van der Waals surface area (Å²) in [4.78, 5) is 28.5. The van der Waals surface area contributed by atoms with Crippen LogP contribution >= 0.6 is 0 Å². The Bertz CT molecular complexity index is 722. The van der Waals surface area contributed by atoms with Crippen molar-refractivity contribution in [1.82, 2.24) is 0 Å². The van der Waals surface area contributed by atoms with Crippen molar-refractivity contribution in [2.75, 3.05) is 19.0 Å². The van der Waals surface area contributed by atoms with E-state index < -0.39 is 10.9 Å². The lowest BCUT2D eigenvalue weighted by molar-refractivity contribution is -0.384. The molecule has 0 spiro atoms. The van der Waals surface area contributed by atoms with Crippen molar-refractivity contribution in [1.29, 1.82) is 0 Å². The van der Waals surface area contributed by atoms with Crippen LogP contribution in [0, 0.1) is 10.1 Å². The molecule has 0 radical (unpaired) electrons. The third-order valence-corrected chi connectivity index (χ3v) is 3.06. The third kappa shape index (κ3) is 4.37. The maximum absolute atomic E-state index is 11.7. The molecule has 0 heterocycles. The fraction of sp³-hybridized carbons (Fsp3) is 0.125. The zero-order valence-electron chi connectivity index (χ0n) is 12.7. The molecule has 0 saturated heterocycles. The summed E-state index contributed by atoms with van der Waals surface area (Å²) in [5.41, 5.74) is 1.93. The molecule has 2 aromatic rings. The molecule has 0 aromatic heterocycles. The van der Waals surface area contributed by atoms with Crippen LogP contribution in [0.5, 0.6) is 0 Å². The van der Waals surface area contributed by atoms with Gasteiger partial charge in [0.05, 0.1) is 16.7 Å². The Hall–Kier alpha value is -3.22. The smallest absolute Gasteiger partial charge is 0.365 e. The number of rotatable bonds is 5. The zero-order chi connectivity index (χ0) is 16.8. The first-order valence-electron chi connectivity index (χ1n) is 6.74. The largest absolute Gasteiger partial charge is 0.378 e. The summed E-state index contributed by atoms with van der Waals surface area (Å²) < 4.78 is 0. The summed E-state index contributed by atoms with van der Waals surface area (Å²) in [6.07, 6.45) is 1.42. The molecule has 23 heavy (non-hydrogen) atoms. The summed E-state index contributed by atoms with van der Waals surface area (Å²) >= 11 is 0. The number of anilines is 1. The van der Waals surface area contributed by atoms with Crippen LogP contribution < -0.4 is 4.90 Å². The molecule has 0 aliphatic rings. The Morgan fingerprint density at radius 3 is 2.26 bits per heavy atom. The fourth-order valence-electron chi connectivity index (χ4n) is 1.77. The second kappa shape index (κ2) is 7.17. The summed E-state index contributed by atoms with van der Waals surface area (Å²) in [6, 6.07) is 12.6. The van der Waals surface area contributed by atoms with Gasteiger partial charge in [-0.05, 0) is 29.8 Å². The molecule has 0 amide bonds. The van der Waals surface area contributed by atoms with Gasteiger partial charge in [-0.2, -0.15) is 0 Å². The van der Waals surface area contributed by atoms with Crippen molar-refractivity contribution in [3.05, 3.63) is 69.8 Å². The molecule has 0 aliphatic heterocycles. The fourth-order valence-corrected chi connectivity index (χ4v) is 1.77. The van der Waals surface area contributed by atoms with Crippen molar-refractivity contribution in [3.8, 4) is 0 Å². The number of hydrogen-bond acceptors (Lipinski definition) is 6. The molecule has 0 atom stereocenters. The molecule has 0 unspecified atom stereocenters. The first kappa shape index (κ1) is 16.2. The van der Waals surface area contributed by atoms with Crippen molar-refractivity contribution in [2.45, 2.75) is 0 Å². The molecule has 118 valence electrons. The van der Waals surface area contributed by atoms with Crippen molar-refractivity contribution in [2.24, 2.45) is 5.16 Å². The van der Waals surface area contributed by atoms with Gasteiger partial charge in [0.1, 0.15) is 0 Å². The van der Waals surface area contributed by atoms with Crippen LogP contribution in [0.3, 0.4) is 0 Å². The molecular weight excluding hydrogens is 298 g/mol. The Morgan fingerprint density at radius 2 is 1.74 bits per heavy atom. The Kier molecular flexibility index (Phi) is 5.03. The minimum atomic E-state index is -0.680. The molecule has 0 aliphatic carbocycles. The first-order chi connectivity index (χ1) is 11.0. The molecule has 7 heteroatoms. The van der Waals surface area contributed by atoms with E-state index in [-0.39, 0.29) is 11.3 Å². The molecule has 7 nitrogen and oxygen atoms in total. The van der Waals surface area contributed by atoms with Crippen LogP contribution in [0.15, 0.2) is 53.7 Å². The summed E-state index contributed by atoms with van der Waals surface area (Å²) in [6.45, 7) is 0. The Morgan fingerprint density at radius 1 is 1.13 bits per heavy atom. The lowest BCUT2D eigenvalue weighted by Crippen LogP contribution is -2.08. The lowest BCUT2D eigenvalue weighted by Gasteiger charge is -2.11. The van der Waals surface area contributed by atoms with E-state index in [4.69, 9.17) is 4.84 Å². The highest BCUT2D eigenvalue weighted by Crippen LogP contribution is 2.13. The molecule has 2 aromatic carbocycles. The van der Waals surface area contributed by atoms with E-state index >= 15 is 0 Å². The van der Waals surface area contributed by atoms with Gasteiger partial charge >= 0.3 is 5.97 Å². The van der Waals surface area contributed by atoms with Crippen LogP contribution in [-0.4, -0.2) is 31.2 Å². The average molecular weight is 313 g/mol. The normalized spacial score (nSPS) is 10.5. The number of carbonyl (C=O) groups is 1. The number of hydrogen-bond donors (Lipinski definition) is 0. The van der Waals surface area contributed by atoms with Gasteiger partial charge in [0.25, 0.3) is 5.69 Å². The zero-order valence-corrected chi connectivity index (χ0v) is 12.7.